The van der Waals surface area contributed by atoms with E-state index in [0.29, 0.717) is 11.9 Å². The first-order valence-corrected chi connectivity index (χ1v) is 7.93. The van der Waals surface area contributed by atoms with Crippen molar-refractivity contribution in [3.8, 4) is 0 Å². The fourth-order valence-corrected chi connectivity index (χ4v) is 3.04. The molecule has 0 saturated carbocycles. The van der Waals surface area contributed by atoms with E-state index in [1.54, 1.807) is 22.7 Å². The van der Waals surface area contributed by atoms with Crippen molar-refractivity contribution < 1.29 is 0 Å². The van der Waals surface area contributed by atoms with Crippen molar-refractivity contribution in [3.63, 3.8) is 0 Å². The molecule has 0 fully saturated rings. The number of hydrogen-bond donors (Lipinski definition) is 0. The maximum Gasteiger partial charge on any atom is 0.261 e. The lowest BCUT2D eigenvalue weighted by Crippen LogP contribution is -2.21. The molecule has 0 bridgehead atoms. The van der Waals surface area contributed by atoms with Crippen LogP contribution in [0.5, 0.6) is 0 Å². The van der Waals surface area contributed by atoms with E-state index < -0.39 is 0 Å². The Balaban J connectivity index is 1.72. The van der Waals surface area contributed by atoms with Crippen LogP contribution < -0.4 is 5.56 Å². The predicted octanol–water partition coefficient (Wildman–Crippen LogP) is 3.84. The minimum Gasteiger partial charge on any atom is -0.298 e. The first kappa shape index (κ1) is 14.2. The van der Waals surface area contributed by atoms with Gasteiger partial charge in [0.05, 0.1) is 17.2 Å². The predicted molar refractivity (Wildman–Crippen MR) is 88.2 cm³/mol. The van der Waals surface area contributed by atoms with Gasteiger partial charge in [0, 0.05) is 22.2 Å². The molecular weight excluding hydrogens is 304 g/mol. The summed E-state index contributed by atoms with van der Waals surface area (Å²) in [6, 6.07) is 15.1. The summed E-state index contributed by atoms with van der Waals surface area (Å²) >= 11 is 7.55. The van der Waals surface area contributed by atoms with Gasteiger partial charge in [-0.2, -0.15) is 0 Å². The largest absolute Gasteiger partial charge is 0.298 e. The van der Waals surface area contributed by atoms with Crippen molar-refractivity contribution in [2.75, 3.05) is 5.75 Å². The zero-order valence-corrected chi connectivity index (χ0v) is 12.8. The lowest BCUT2D eigenvalue weighted by molar-refractivity contribution is 0.725. The lowest BCUT2D eigenvalue weighted by Gasteiger charge is -2.06. The second-order valence-corrected chi connectivity index (χ2v) is 6.17. The van der Waals surface area contributed by atoms with Gasteiger partial charge >= 0.3 is 0 Å². The molecule has 3 aromatic rings. The first-order chi connectivity index (χ1) is 10.2. The Kier molecular flexibility index (Phi) is 4.27. The van der Waals surface area contributed by atoms with Gasteiger partial charge in [-0.05, 0) is 36.4 Å². The normalized spacial score (nSPS) is 10.9. The van der Waals surface area contributed by atoms with Gasteiger partial charge < -0.3 is 0 Å². The zero-order valence-electron chi connectivity index (χ0n) is 11.2. The molecule has 0 atom stereocenters. The number of benzene rings is 2. The molecule has 5 heteroatoms. The minimum absolute atomic E-state index is 0.0114. The van der Waals surface area contributed by atoms with E-state index in [1.807, 2.05) is 48.5 Å². The highest BCUT2D eigenvalue weighted by molar-refractivity contribution is 7.99. The van der Waals surface area contributed by atoms with Gasteiger partial charge in [0.1, 0.15) is 0 Å². The average Bonchev–Trinajstić information content (AvgIpc) is 2.52. The van der Waals surface area contributed by atoms with E-state index >= 15 is 0 Å². The van der Waals surface area contributed by atoms with Crippen LogP contribution in [0, 0.1) is 0 Å². The van der Waals surface area contributed by atoms with Gasteiger partial charge in [-0.1, -0.05) is 23.7 Å². The van der Waals surface area contributed by atoms with Crippen molar-refractivity contribution in [3.05, 3.63) is 70.2 Å². The Bertz CT molecular complexity index is 814. The van der Waals surface area contributed by atoms with E-state index in [1.165, 1.54) is 0 Å². The monoisotopic (exact) mass is 316 g/mol. The molecule has 0 unspecified atom stereocenters. The smallest absolute Gasteiger partial charge is 0.261 e. The number of rotatable bonds is 4. The van der Waals surface area contributed by atoms with Crippen LogP contribution >= 0.6 is 23.4 Å². The van der Waals surface area contributed by atoms with Crippen LogP contribution in [0.2, 0.25) is 5.02 Å². The number of fused-ring (bicyclic) bond motifs is 1. The van der Waals surface area contributed by atoms with Gasteiger partial charge in [-0.25, -0.2) is 4.98 Å². The molecule has 0 aliphatic rings. The van der Waals surface area contributed by atoms with E-state index in [9.17, 15) is 4.79 Å². The molecule has 2 aromatic carbocycles. The summed E-state index contributed by atoms with van der Waals surface area (Å²) < 4.78 is 1.66. The second kappa shape index (κ2) is 6.33. The van der Waals surface area contributed by atoms with Crippen LogP contribution in [-0.4, -0.2) is 15.3 Å². The van der Waals surface area contributed by atoms with Crippen LogP contribution in [0.25, 0.3) is 10.9 Å². The number of halogens is 1. The summed E-state index contributed by atoms with van der Waals surface area (Å²) in [6.45, 7) is 0.629. The Hall–Kier alpha value is -1.78. The maximum absolute atomic E-state index is 12.3. The molecule has 0 radical (unpaired) electrons. The Labute approximate surface area is 131 Å². The fraction of sp³-hybridized carbons (Fsp3) is 0.125. The fourth-order valence-electron chi connectivity index (χ4n) is 2.06. The van der Waals surface area contributed by atoms with Crippen LogP contribution in [0.3, 0.4) is 0 Å². The third-order valence-corrected chi connectivity index (χ3v) is 4.39. The molecule has 0 N–H and O–H groups in total. The third-order valence-electron chi connectivity index (χ3n) is 3.15. The van der Waals surface area contributed by atoms with Crippen LogP contribution in [0.15, 0.2) is 64.5 Å². The number of para-hydroxylation sites is 1. The van der Waals surface area contributed by atoms with Crippen LogP contribution in [-0.2, 0) is 6.54 Å². The highest BCUT2D eigenvalue weighted by atomic mass is 35.5. The molecule has 0 amide bonds. The Morgan fingerprint density at radius 1 is 1.10 bits per heavy atom. The SMILES string of the molecule is O=c1c2ccccc2ncn1CCSc1ccc(Cl)cc1. The molecular formula is C16H13ClN2OS. The molecule has 3 rings (SSSR count). The standard InChI is InChI=1S/C16H13ClN2OS/c17-12-5-7-13(8-6-12)21-10-9-19-11-18-15-4-2-1-3-14(15)16(19)20/h1-8,11H,9-10H2. The van der Waals surface area contributed by atoms with Gasteiger partial charge in [0.15, 0.2) is 0 Å². The van der Waals surface area contributed by atoms with E-state index in [2.05, 4.69) is 4.98 Å². The summed E-state index contributed by atoms with van der Waals surface area (Å²) in [5.41, 5.74) is 0.751. The summed E-state index contributed by atoms with van der Waals surface area (Å²) in [4.78, 5) is 17.8. The van der Waals surface area contributed by atoms with Crippen LogP contribution in [0.1, 0.15) is 0 Å². The summed E-state index contributed by atoms with van der Waals surface area (Å²) in [7, 11) is 0. The van der Waals surface area contributed by atoms with E-state index in [-0.39, 0.29) is 5.56 Å². The number of nitrogens with zero attached hydrogens (tertiary/aromatic N) is 2. The summed E-state index contributed by atoms with van der Waals surface area (Å²) in [6.07, 6.45) is 1.62. The lowest BCUT2D eigenvalue weighted by atomic mass is 10.2. The molecule has 0 aliphatic heterocycles. The molecule has 3 nitrogen and oxygen atoms in total. The zero-order chi connectivity index (χ0) is 14.7. The van der Waals surface area contributed by atoms with E-state index in [4.69, 9.17) is 11.6 Å². The van der Waals surface area contributed by atoms with Crippen molar-refractivity contribution in [1.82, 2.24) is 9.55 Å². The summed E-state index contributed by atoms with van der Waals surface area (Å²) in [5, 5.41) is 1.39. The summed E-state index contributed by atoms with van der Waals surface area (Å²) in [5.74, 6) is 0.807. The second-order valence-electron chi connectivity index (χ2n) is 4.56. The molecule has 21 heavy (non-hydrogen) atoms. The highest BCUT2D eigenvalue weighted by Crippen LogP contribution is 2.20. The van der Waals surface area contributed by atoms with Crippen molar-refractivity contribution >= 4 is 34.3 Å². The van der Waals surface area contributed by atoms with Crippen molar-refractivity contribution in [2.45, 2.75) is 11.4 Å². The molecule has 1 heterocycles. The average molecular weight is 317 g/mol. The molecule has 0 aliphatic carbocycles. The molecule has 0 spiro atoms. The number of aryl methyl sites for hydroxylation is 1. The number of thioether (sulfide) groups is 1. The quantitative estimate of drug-likeness (QED) is 0.686. The number of hydrogen-bond acceptors (Lipinski definition) is 3. The van der Waals surface area contributed by atoms with Gasteiger partial charge in [-0.3, -0.25) is 9.36 Å². The van der Waals surface area contributed by atoms with Gasteiger partial charge in [0.25, 0.3) is 5.56 Å². The maximum atomic E-state index is 12.3. The highest BCUT2D eigenvalue weighted by Gasteiger charge is 2.03. The first-order valence-electron chi connectivity index (χ1n) is 6.56. The molecule has 1 aromatic heterocycles. The minimum atomic E-state index is 0.0114. The topological polar surface area (TPSA) is 34.9 Å². The van der Waals surface area contributed by atoms with Gasteiger partial charge in [0.2, 0.25) is 0 Å². The Morgan fingerprint density at radius 2 is 1.86 bits per heavy atom. The van der Waals surface area contributed by atoms with Crippen LogP contribution in [0.4, 0.5) is 0 Å². The molecule has 106 valence electrons. The van der Waals surface area contributed by atoms with Gasteiger partial charge in [-0.15, -0.1) is 11.8 Å². The molecule has 0 saturated heterocycles. The van der Waals surface area contributed by atoms with Crippen molar-refractivity contribution in [1.29, 1.82) is 0 Å². The number of aromatic nitrogens is 2. The third kappa shape index (κ3) is 3.28. The van der Waals surface area contributed by atoms with Crippen molar-refractivity contribution in [2.24, 2.45) is 0 Å². The Morgan fingerprint density at radius 3 is 2.67 bits per heavy atom. The van der Waals surface area contributed by atoms with E-state index in [0.717, 1.165) is 21.2 Å².